The van der Waals surface area contributed by atoms with Crippen molar-refractivity contribution in [1.82, 2.24) is 4.90 Å². The maximum absolute atomic E-state index is 12.5. The lowest BCUT2D eigenvalue weighted by Gasteiger charge is -2.28. The molecule has 1 atom stereocenters. The number of methoxy groups -OCH3 is 1. The lowest BCUT2D eigenvalue weighted by Crippen LogP contribution is -2.38. The van der Waals surface area contributed by atoms with Crippen LogP contribution in [0.1, 0.15) is 37.6 Å². The minimum Gasteiger partial charge on any atom is -0.495 e. The maximum atomic E-state index is 12.5. The molecule has 1 unspecified atom stereocenters. The lowest BCUT2D eigenvalue weighted by atomic mass is 10.1. The first kappa shape index (κ1) is 14.4. The third-order valence-electron chi connectivity index (χ3n) is 3.24. The molecule has 1 aromatic rings. The van der Waals surface area contributed by atoms with E-state index in [1.807, 2.05) is 18.7 Å². The number of amides is 1. The molecule has 0 aliphatic heterocycles. The summed E-state index contributed by atoms with van der Waals surface area (Å²) >= 11 is 0. The van der Waals surface area contributed by atoms with Gasteiger partial charge in [-0.2, -0.15) is 0 Å². The largest absolute Gasteiger partial charge is 0.495 e. The van der Waals surface area contributed by atoms with Gasteiger partial charge < -0.3 is 15.4 Å². The van der Waals surface area contributed by atoms with Crippen LogP contribution in [0.5, 0.6) is 5.75 Å². The van der Waals surface area contributed by atoms with Crippen LogP contribution >= 0.6 is 0 Å². The summed E-state index contributed by atoms with van der Waals surface area (Å²) < 4.78 is 5.14. The van der Waals surface area contributed by atoms with Crippen LogP contribution in [0, 0.1) is 0 Å². The Bertz CT molecular complexity index is 418. The minimum absolute atomic E-state index is 0.0387. The molecule has 0 spiro atoms. The van der Waals surface area contributed by atoms with E-state index in [0.29, 0.717) is 23.5 Å². The molecule has 4 nitrogen and oxygen atoms in total. The molecule has 0 aliphatic rings. The lowest BCUT2D eigenvalue weighted by molar-refractivity contribution is 0.0701. The fourth-order valence-corrected chi connectivity index (χ4v) is 1.94. The first-order valence-corrected chi connectivity index (χ1v) is 6.30. The van der Waals surface area contributed by atoms with E-state index >= 15 is 0 Å². The number of para-hydroxylation sites is 1. The van der Waals surface area contributed by atoms with Gasteiger partial charge in [-0.15, -0.1) is 0 Å². The highest BCUT2D eigenvalue weighted by atomic mass is 16.5. The van der Waals surface area contributed by atoms with Gasteiger partial charge in [0.1, 0.15) is 5.75 Å². The van der Waals surface area contributed by atoms with Crippen molar-refractivity contribution in [3.05, 3.63) is 23.8 Å². The molecule has 2 N–H and O–H groups in total. The standard InChI is InChI=1S/C14H22N2O2/c1-5-10(3)16(6-2)14(17)11-8-7-9-12(18-4)13(11)15/h7-10H,5-6,15H2,1-4H3. The average molecular weight is 250 g/mol. The Hall–Kier alpha value is -1.71. The number of nitrogens with two attached hydrogens (primary N) is 1. The second kappa shape index (κ2) is 6.28. The number of ether oxygens (including phenoxy) is 1. The monoisotopic (exact) mass is 250 g/mol. The molecule has 18 heavy (non-hydrogen) atoms. The van der Waals surface area contributed by atoms with Crippen molar-refractivity contribution in [2.75, 3.05) is 19.4 Å². The Labute approximate surface area is 109 Å². The fraction of sp³-hybridized carbons (Fsp3) is 0.500. The number of hydrogen-bond acceptors (Lipinski definition) is 3. The summed E-state index contributed by atoms with van der Waals surface area (Å²) in [6.07, 6.45) is 0.920. The number of hydrogen-bond donors (Lipinski definition) is 1. The van der Waals surface area contributed by atoms with Crippen LogP contribution in [-0.4, -0.2) is 30.5 Å². The topological polar surface area (TPSA) is 55.6 Å². The van der Waals surface area contributed by atoms with Gasteiger partial charge in [0.25, 0.3) is 5.91 Å². The number of carbonyl (C=O) groups excluding carboxylic acids is 1. The summed E-state index contributed by atoms with van der Waals surface area (Å²) in [7, 11) is 1.55. The van der Waals surface area contributed by atoms with Gasteiger partial charge in [-0.05, 0) is 32.4 Å². The molecule has 100 valence electrons. The molecule has 1 aromatic carbocycles. The van der Waals surface area contributed by atoms with Gasteiger partial charge in [0.2, 0.25) is 0 Å². The summed E-state index contributed by atoms with van der Waals surface area (Å²) in [4.78, 5) is 14.3. The zero-order chi connectivity index (χ0) is 13.7. The van der Waals surface area contributed by atoms with Crippen LogP contribution in [0.3, 0.4) is 0 Å². The third kappa shape index (κ3) is 2.75. The van der Waals surface area contributed by atoms with E-state index in [0.717, 1.165) is 6.42 Å². The summed E-state index contributed by atoms with van der Waals surface area (Å²) in [5.74, 6) is 0.504. The highest BCUT2D eigenvalue weighted by Gasteiger charge is 2.21. The normalized spacial score (nSPS) is 12.0. The van der Waals surface area contributed by atoms with Crippen LogP contribution in [0.4, 0.5) is 5.69 Å². The molecule has 0 fully saturated rings. The zero-order valence-electron chi connectivity index (χ0n) is 11.6. The molecule has 0 aliphatic carbocycles. The number of nitrogens with zero attached hydrogens (tertiary/aromatic N) is 1. The van der Waals surface area contributed by atoms with Crippen LogP contribution in [0.25, 0.3) is 0 Å². The Balaban J connectivity index is 3.09. The summed E-state index contributed by atoms with van der Waals surface area (Å²) in [6, 6.07) is 5.48. The molecular formula is C14H22N2O2. The number of carbonyl (C=O) groups is 1. The van der Waals surface area contributed by atoms with Crippen molar-refractivity contribution in [3.8, 4) is 5.75 Å². The molecular weight excluding hydrogens is 228 g/mol. The molecule has 0 saturated carbocycles. The molecule has 1 amide bonds. The fourth-order valence-electron chi connectivity index (χ4n) is 1.94. The molecule has 0 saturated heterocycles. The highest BCUT2D eigenvalue weighted by Crippen LogP contribution is 2.26. The van der Waals surface area contributed by atoms with E-state index in [-0.39, 0.29) is 11.9 Å². The predicted octanol–water partition coefficient (Wildman–Crippen LogP) is 2.54. The first-order chi connectivity index (χ1) is 8.56. The van der Waals surface area contributed by atoms with Crippen molar-refractivity contribution in [2.24, 2.45) is 0 Å². The predicted molar refractivity (Wildman–Crippen MR) is 73.9 cm³/mol. The molecule has 0 aromatic heterocycles. The summed E-state index contributed by atoms with van der Waals surface area (Å²) in [6.45, 7) is 6.75. The Morgan fingerprint density at radius 3 is 2.61 bits per heavy atom. The minimum atomic E-state index is -0.0387. The SMILES string of the molecule is CCC(C)N(CC)C(=O)c1cccc(OC)c1N. The summed E-state index contributed by atoms with van der Waals surface area (Å²) in [5, 5.41) is 0. The Morgan fingerprint density at radius 2 is 2.11 bits per heavy atom. The number of benzene rings is 1. The van der Waals surface area contributed by atoms with Crippen molar-refractivity contribution >= 4 is 11.6 Å². The quantitative estimate of drug-likeness (QED) is 0.817. The molecule has 0 bridgehead atoms. The first-order valence-electron chi connectivity index (χ1n) is 6.30. The zero-order valence-corrected chi connectivity index (χ0v) is 11.6. The van der Waals surface area contributed by atoms with Crippen LogP contribution < -0.4 is 10.5 Å². The van der Waals surface area contributed by atoms with E-state index in [9.17, 15) is 4.79 Å². The molecule has 0 heterocycles. The van der Waals surface area contributed by atoms with E-state index in [4.69, 9.17) is 10.5 Å². The molecule has 4 heteroatoms. The second-order valence-corrected chi connectivity index (χ2v) is 4.27. The van der Waals surface area contributed by atoms with E-state index in [1.165, 1.54) is 0 Å². The average Bonchev–Trinajstić information content (AvgIpc) is 2.39. The van der Waals surface area contributed by atoms with Gasteiger partial charge >= 0.3 is 0 Å². The second-order valence-electron chi connectivity index (χ2n) is 4.27. The van der Waals surface area contributed by atoms with Gasteiger partial charge in [0.15, 0.2) is 0 Å². The number of rotatable bonds is 5. The van der Waals surface area contributed by atoms with Crippen LogP contribution in [0.2, 0.25) is 0 Å². The Morgan fingerprint density at radius 1 is 1.44 bits per heavy atom. The smallest absolute Gasteiger partial charge is 0.256 e. The van der Waals surface area contributed by atoms with Crippen molar-refractivity contribution in [1.29, 1.82) is 0 Å². The van der Waals surface area contributed by atoms with Gasteiger partial charge in [-0.25, -0.2) is 0 Å². The van der Waals surface area contributed by atoms with Crippen LogP contribution in [0.15, 0.2) is 18.2 Å². The van der Waals surface area contributed by atoms with Gasteiger partial charge in [-0.3, -0.25) is 4.79 Å². The Kier molecular flexibility index (Phi) is 5.01. The van der Waals surface area contributed by atoms with E-state index in [1.54, 1.807) is 25.3 Å². The maximum Gasteiger partial charge on any atom is 0.256 e. The van der Waals surface area contributed by atoms with Gasteiger partial charge in [0.05, 0.1) is 18.4 Å². The van der Waals surface area contributed by atoms with Crippen LogP contribution in [-0.2, 0) is 0 Å². The van der Waals surface area contributed by atoms with Crippen molar-refractivity contribution in [3.63, 3.8) is 0 Å². The van der Waals surface area contributed by atoms with E-state index in [2.05, 4.69) is 6.92 Å². The number of anilines is 1. The summed E-state index contributed by atoms with van der Waals surface area (Å²) in [5.41, 5.74) is 6.88. The number of nitrogen functional groups attached to an aromatic ring is 1. The van der Waals surface area contributed by atoms with Crippen molar-refractivity contribution in [2.45, 2.75) is 33.2 Å². The van der Waals surface area contributed by atoms with Gasteiger partial charge in [-0.1, -0.05) is 13.0 Å². The van der Waals surface area contributed by atoms with E-state index < -0.39 is 0 Å². The molecule has 1 rings (SSSR count). The van der Waals surface area contributed by atoms with Gasteiger partial charge in [0, 0.05) is 12.6 Å². The van der Waals surface area contributed by atoms with Crippen molar-refractivity contribution < 1.29 is 9.53 Å². The third-order valence-corrected chi connectivity index (χ3v) is 3.24. The molecule has 0 radical (unpaired) electrons. The highest BCUT2D eigenvalue weighted by molar-refractivity contribution is 6.00.